The van der Waals surface area contributed by atoms with E-state index >= 15 is 0 Å². The molecule has 0 spiro atoms. The molecule has 0 aromatic heterocycles. The second kappa shape index (κ2) is 4.32. The van der Waals surface area contributed by atoms with Gasteiger partial charge in [-0.3, -0.25) is 4.79 Å². The van der Waals surface area contributed by atoms with E-state index in [0.29, 0.717) is 13.0 Å². The average Bonchev–Trinajstić information content (AvgIpc) is 2.62. The number of nitrogens with zero attached hydrogens (tertiary/aromatic N) is 1. The molecule has 0 bridgehead atoms. The average molecular weight is 228 g/mol. The van der Waals surface area contributed by atoms with E-state index in [0.717, 1.165) is 19.5 Å². The lowest BCUT2D eigenvalue weighted by Crippen LogP contribution is -2.49. The fourth-order valence-corrected chi connectivity index (χ4v) is 2.71. The van der Waals surface area contributed by atoms with E-state index in [9.17, 15) is 9.18 Å². The molecule has 0 saturated carbocycles. The lowest BCUT2D eigenvalue weighted by molar-refractivity contribution is -0.136. The summed E-state index contributed by atoms with van der Waals surface area (Å²) in [6.07, 6.45) is 1.72. The smallest absolute Gasteiger partial charge is 0.239 e. The summed E-state index contributed by atoms with van der Waals surface area (Å²) in [5.74, 6) is 0.0907. The Balaban J connectivity index is 1.94. The first-order valence-electron chi connectivity index (χ1n) is 6.14. The molecule has 16 heavy (non-hydrogen) atoms. The molecule has 92 valence electrons. The zero-order valence-corrected chi connectivity index (χ0v) is 10.1. The number of nitrogens with one attached hydrogen (secondary N) is 1. The Labute approximate surface area is 96.4 Å². The first-order valence-corrected chi connectivity index (χ1v) is 6.14. The van der Waals surface area contributed by atoms with E-state index in [2.05, 4.69) is 19.2 Å². The molecule has 0 radical (unpaired) electrons. The number of rotatable bonds is 1. The molecule has 0 aromatic rings. The monoisotopic (exact) mass is 228 g/mol. The van der Waals surface area contributed by atoms with Crippen molar-refractivity contribution in [2.24, 2.45) is 5.41 Å². The maximum atomic E-state index is 13.0. The highest BCUT2D eigenvalue weighted by molar-refractivity contribution is 5.82. The molecule has 2 fully saturated rings. The highest BCUT2D eigenvalue weighted by Crippen LogP contribution is 2.29. The van der Waals surface area contributed by atoms with Crippen molar-refractivity contribution in [2.75, 3.05) is 19.6 Å². The van der Waals surface area contributed by atoms with Crippen molar-refractivity contribution in [3.63, 3.8) is 0 Å². The van der Waals surface area contributed by atoms with Gasteiger partial charge in [-0.2, -0.15) is 0 Å². The third kappa shape index (κ3) is 2.54. The van der Waals surface area contributed by atoms with Gasteiger partial charge in [0.15, 0.2) is 0 Å². The molecule has 2 atom stereocenters. The topological polar surface area (TPSA) is 32.3 Å². The van der Waals surface area contributed by atoms with Crippen LogP contribution in [0.1, 0.15) is 33.1 Å². The van der Waals surface area contributed by atoms with Gasteiger partial charge in [0.05, 0.1) is 6.04 Å². The van der Waals surface area contributed by atoms with Crippen molar-refractivity contribution in [3.8, 4) is 0 Å². The predicted octanol–water partition coefficient (Wildman–Crippen LogP) is 1.33. The molecule has 2 rings (SSSR count). The summed E-state index contributed by atoms with van der Waals surface area (Å²) < 4.78 is 13.0. The lowest BCUT2D eigenvalue weighted by Gasteiger charge is -2.39. The van der Waals surface area contributed by atoms with Gasteiger partial charge >= 0.3 is 0 Å². The largest absolute Gasteiger partial charge is 0.341 e. The van der Waals surface area contributed by atoms with E-state index in [-0.39, 0.29) is 17.4 Å². The van der Waals surface area contributed by atoms with Crippen molar-refractivity contribution < 1.29 is 9.18 Å². The number of piperidine rings is 1. The summed E-state index contributed by atoms with van der Waals surface area (Å²) in [5, 5.41) is 2.96. The summed E-state index contributed by atoms with van der Waals surface area (Å²) in [7, 11) is 0. The highest BCUT2D eigenvalue weighted by Gasteiger charge is 2.35. The molecule has 2 saturated heterocycles. The van der Waals surface area contributed by atoms with Gasteiger partial charge in [0.25, 0.3) is 0 Å². The molecule has 1 N–H and O–H groups in total. The number of alkyl halides is 1. The Morgan fingerprint density at radius 2 is 2.25 bits per heavy atom. The standard InChI is InChI=1S/C12H21FN2O/c1-12(2)4-3-5-15(8-12)11(16)10-6-9(13)7-14-10/h9-10,14H,3-8H2,1-2H3/t9-,10+/m0/s1. The van der Waals surface area contributed by atoms with Crippen molar-refractivity contribution >= 4 is 5.91 Å². The SMILES string of the molecule is CC1(C)CCCN(C(=O)[C@H]2C[C@H](F)CN2)C1. The molecule has 3 nitrogen and oxygen atoms in total. The van der Waals surface area contributed by atoms with Crippen LogP contribution >= 0.6 is 0 Å². The maximum absolute atomic E-state index is 13.0. The first kappa shape index (κ1) is 11.8. The number of likely N-dealkylation sites (tertiary alicyclic amines) is 1. The number of amides is 1. The van der Waals surface area contributed by atoms with Crippen molar-refractivity contribution in [2.45, 2.75) is 45.3 Å². The van der Waals surface area contributed by atoms with Crippen LogP contribution in [0.25, 0.3) is 0 Å². The second-order valence-corrected chi connectivity index (χ2v) is 5.82. The number of hydrogen-bond donors (Lipinski definition) is 1. The van der Waals surface area contributed by atoms with Gasteiger partial charge in [0, 0.05) is 26.1 Å². The quantitative estimate of drug-likeness (QED) is 0.734. The van der Waals surface area contributed by atoms with Gasteiger partial charge < -0.3 is 10.2 Å². The van der Waals surface area contributed by atoms with E-state index in [1.807, 2.05) is 4.90 Å². The zero-order valence-electron chi connectivity index (χ0n) is 10.1. The fraction of sp³-hybridized carbons (Fsp3) is 0.917. The summed E-state index contributed by atoms with van der Waals surface area (Å²) in [4.78, 5) is 14.0. The van der Waals surface area contributed by atoms with Crippen LogP contribution < -0.4 is 5.32 Å². The Morgan fingerprint density at radius 3 is 2.81 bits per heavy atom. The highest BCUT2D eigenvalue weighted by atomic mass is 19.1. The number of carbonyl (C=O) groups excluding carboxylic acids is 1. The molecular formula is C12H21FN2O. The number of hydrogen-bond acceptors (Lipinski definition) is 2. The van der Waals surface area contributed by atoms with Crippen molar-refractivity contribution in [1.29, 1.82) is 0 Å². The van der Waals surface area contributed by atoms with Gasteiger partial charge in [-0.15, -0.1) is 0 Å². The molecule has 0 aliphatic carbocycles. The summed E-state index contributed by atoms with van der Waals surface area (Å²) in [5.41, 5.74) is 0.210. The van der Waals surface area contributed by atoms with E-state index < -0.39 is 6.17 Å². The number of halogens is 1. The maximum Gasteiger partial charge on any atom is 0.239 e. The van der Waals surface area contributed by atoms with Crippen LogP contribution in [0, 0.1) is 5.41 Å². The Bertz CT molecular complexity index is 280. The first-order chi connectivity index (χ1) is 7.48. The molecule has 2 aliphatic rings. The minimum absolute atomic E-state index is 0.0907. The molecular weight excluding hydrogens is 207 g/mol. The van der Waals surface area contributed by atoms with Crippen LogP contribution in [0.4, 0.5) is 4.39 Å². The van der Waals surface area contributed by atoms with Crippen molar-refractivity contribution in [3.05, 3.63) is 0 Å². The van der Waals surface area contributed by atoms with Gasteiger partial charge in [-0.1, -0.05) is 13.8 Å². The molecule has 2 heterocycles. The van der Waals surface area contributed by atoms with Gasteiger partial charge in [0.2, 0.25) is 5.91 Å². The molecule has 2 aliphatic heterocycles. The summed E-state index contributed by atoms with van der Waals surface area (Å²) in [6, 6.07) is -0.288. The molecule has 0 unspecified atom stereocenters. The van der Waals surface area contributed by atoms with Crippen LogP contribution in [0.15, 0.2) is 0 Å². The summed E-state index contributed by atoms with van der Waals surface area (Å²) >= 11 is 0. The van der Waals surface area contributed by atoms with E-state index in [1.165, 1.54) is 6.42 Å². The van der Waals surface area contributed by atoms with Gasteiger partial charge in [-0.05, 0) is 18.3 Å². The van der Waals surface area contributed by atoms with E-state index in [4.69, 9.17) is 0 Å². The summed E-state index contributed by atoms with van der Waals surface area (Å²) in [6.45, 7) is 6.34. The Kier molecular flexibility index (Phi) is 3.19. The zero-order chi connectivity index (χ0) is 11.8. The van der Waals surface area contributed by atoms with Crippen LogP contribution in [0.2, 0.25) is 0 Å². The Hall–Kier alpha value is -0.640. The fourth-order valence-electron chi connectivity index (χ4n) is 2.71. The van der Waals surface area contributed by atoms with Crippen molar-refractivity contribution in [1.82, 2.24) is 10.2 Å². The normalized spacial score (nSPS) is 34.1. The minimum atomic E-state index is -0.855. The predicted molar refractivity (Wildman–Crippen MR) is 60.9 cm³/mol. The molecule has 1 amide bonds. The van der Waals surface area contributed by atoms with Crippen LogP contribution in [-0.2, 0) is 4.79 Å². The lowest BCUT2D eigenvalue weighted by atomic mass is 9.84. The third-order valence-corrected chi connectivity index (χ3v) is 3.59. The van der Waals surface area contributed by atoms with Gasteiger partial charge in [0.1, 0.15) is 6.17 Å². The van der Waals surface area contributed by atoms with E-state index in [1.54, 1.807) is 0 Å². The van der Waals surface area contributed by atoms with Gasteiger partial charge in [-0.25, -0.2) is 4.39 Å². The van der Waals surface area contributed by atoms with Crippen LogP contribution in [0.5, 0.6) is 0 Å². The Morgan fingerprint density at radius 1 is 1.50 bits per heavy atom. The third-order valence-electron chi connectivity index (χ3n) is 3.59. The van der Waals surface area contributed by atoms with Crippen LogP contribution in [-0.4, -0.2) is 42.7 Å². The minimum Gasteiger partial charge on any atom is -0.341 e. The molecule has 0 aromatic carbocycles. The molecule has 4 heteroatoms. The second-order valence-electron chi connectivity index (χ2n) is 5.82. The number of carbonyl (C=O) groups is 1. The van der Waals surface area contributed by atoms with Crippen LogP contribution in [0.3, 0.4) is 0 Å².